The van der Waals surface area contributed by atoms with Crippen molar-refractivity contribution in [2.45, 2.75) is 13.3 Å². The lowest BCUT2D eigenvalue weighted by molar-refractivity contribution is 0.0374. The highest BCUT2D eigenvalue weighted by atomic mass is 16.5. The van der Waals surface area contributed by atoms with Gasteiger partial charge in [0, 0.05) is 32.8 Å². The highest BCUT2D eigenvalue weighted by Crippen LogP contribution is 2.25. The quantitative estimate of drug-likeness (QED) is 0.484. The highest BCUT2D eigenvalue weighted by Gasteiger charge is 2.14. The zero-order valence-electron chi connectivity index (χ0n) is 17.5. The van der Waals surface area contributed by atoms with Crippen LogP contribution in [-0.2, 0) is 4.74 Å². The number of carbonyl (C=O) groups is 1. The van der Waals surface area contributed by atoms with Gasteiger partial charge in [-0.05, 0) is 48.4 Å². The van der Waals surface area contributed by atoms with Gasteiger partial charge in [0.25, 0.3) is 5.91 Å². The zero-order valence-corrected chi connectivity index (χ0v) is 17.5. The van der Waals surface area contributed by atoms with Gasteiger partial charge in [-0.1, -0.05) is 6.07 Å². The molecule has 0 spiro atoms. The smallest absolute Gasteiger partial charge is 0.269 e. The number of pyridine rings is 1. The SMILES string of the molecule is Cc1nc2cc(-c3ccc4ncc(C(=O)NCCCN5CCOCC5)n4c3)ccc2o1. The van der Waals surface area contributed by atoms with Gasteiger partial charge < -0.3 is 14.5 Å². The maximum Gasteiger partial charge on any atom is 0.269 e. The van der Waals surface area contributed by atoms with Crippen LogP contribution < -0.4 is 5.32 Å². The molecule has 5 rings (SSSR count). The van der Waals surface area contributed by atoms with Crippen LogP contribution in [0.4, 0.5) is 0 Å². The number of ether oxygens (including phenoxy) is 1. The summed E-state index contributed by atoms with van der Waals surface area (Å²) >= 11 is 0. The van der Waals surface area contributed by atoms with Crippen LogP contribution in [0.25, 0.3) is 27.9 Å². The van der Waals surface area contributed by atoms with Gasteiger partial charge in [0.1, 0.15) is 16.9 Å². The van der Waals surface area contributed by atoms with Crippen molar-refractivity contribution in [3.05, 3.63) is 54.3 Å². The van der Waals surface area contributed by atoms with E-state index in [4.69, 9.17) is 9.15 Å². The van der Waals surface area contributed by atoms with E-state index in [0.29, 0.717) is 18.1 Å². The second kappa shape index (κ2) is 8.49. The van der Waals surface area contributed by atoms with Crippen molar-refractivity contribution in [1.82, 2.24) is 24.6 Å². The second-order valence-electron chi connectivity index (χ2n) is 7.77. The number of morpholine rings is 1. The summed E-state index contributed by atoms with van der Waals surface area (Å²) in [7, 11) is 0. The molecule has 3 aromatic heterocycles. The van der Waals surface area contributed by atoms with Gasteiger partial charge in [0.05, 0.1) is 19.4 Å². The molecular formula is C23H25N5O3. The van der Waals surface area contributed by atoms with E-state index in [9.17, 15) is 4.79 Å². The average molecular weight is 419 g/mol. The van der Waals surface area contributed by atoms with Gasteiger partial charge in [0.15, 0.2) is 11.5 Å². The second-order valence-corrected chi connectivity index (χ2v) is 7.77. The minimum absolute atomic E-state index is 0.116. The minimum Gasteiger partial charge on any atom is -0.441 e. The summed E-state index contributed by atoms with van der Waals surface area (Å²) in [5.74, 6) is 0.527. The molecule has 0 saturated carbocycles. The van der Waals surface area contributed by atoms with Gasteiger partial charge in [-0.3, -0.25) is 14.1 Å². The molecule has 0 radical (unpaired) electrons. The molecule has 31 heavy (non-hydrogen) atoms. The van der Waals surface area contributed by atoms with Gasteiger partial charge in [-0.15, -0.1) is 0 Å². The standard InChI is InChI=1S/C23H25N5O3/c1-16-26-19-13-17(3-5-21(19)31-16)18-4-6-22-25-14-20(28(22)15-18)23(29)24-7-2-8-27-9-11-30-12-10-27/h3-6,13-15H,2,7-12H2,1H3,(H,24,29). The first-order chi connectivity index (χ1) is 15.2. The van der Waals surface area contributed by atoms with E-state index >= 15 is 0 Å². The number of oxazole rings is 1. The number of rotatable bonds is 6. The van der Waals surface area contributed by atoms with Crippen LogP contribution in [0.5, 0.6) is 0 Å². The summed E-state index contributed by atoms with van der Waals surface area (Å²) in [4.78, 5) is 23.9. The molecule has 0 bridgehead atoms. The number of fused-ring (bicyclic) bond motifs is 2. The van der Waals surface area contributed by atoms with Gasteiger partial charge in [-0.2, -0.15) is 0 Å². The highest BCUT2D eigenvalue weighted by molar-refractivity contribution is 5.93. The molecule has 4 aromatic rings. The number of hydrogen-bond acceptors (Lipinski definition) is 6. The lowest BCUT2D eigenvalue weighted by Gasteiger charge is -2.26. The normalized spacial score (nSPS) is 15.0. The molecule has 8 heteroatoms. The van der Waals surface area contributed by atoms with Gasteiger partial charge >= 0.3 is 0 Å². The number of nitrogens with zero attached hydrogens (tertiary/aromatic N) is 4. The molecule has 1 fully saturated rings. The predicted octanol–water partition coefficient (Wildman–Crippen LogP) is 2.90. The van der Waals surface area contributed by atoms with Gasteiger partial charge in [0.2, 0.25) is 0 Å². The molecule has 1 aromatic carbocycles. The number of aryl methyl sites for hydroxylation is 1. The largest absolute Gasteiger partial charge is 0.441 e. The number of benzene rings is 1. The molecule has 4 heterocycles. The molecule has 1 saturated heterocycles. The third-order valence-electron chi connectivity index (χ3n) is 5.61. The summed E-state index contributed by atoms with van der Waals surface area (Å²) < 4.78 is 12.8. The van der Waals surface area contributed by atoms with Gasteiger partial charge in [-0.25, -0.2) is 9.97 Å². The first-order valence-electron chi connectivity index (χ1n) is 10.6. The fourth-order valence-electron chi connectivity index (χ4n) is 3.96. The predicted molar refractivity (Wildman–Crippen MR) is 117 cm³/mol. The summed E-state index contributed by atoms with van der Waals surface area (Å²) in [5, 5.41) is 3.02. The molecule has 1 N–H and O–H groups in total. The van der Waals surface area contributed by atoms with Crippen molar-refractivity contribution in [1.29, 1.82) is 0 Å². The lowest BCUT2D eigenvalue weighted by atomic mass is 10.1. The molecule has 160 valence electrons. The lowest BCUT2D eigenvalue weighted by Crippen LogP contribution is -2.38. The third kappa shape index (κ3) is 4.17. The molecule has 1 amide bonds. The molecule has 0 unspecified atom stereocenters. The maximum absolute atomic E-state index is 12.8. The van der Waals surface area contributed by atoms with Crippen molar-refractivity contribution < 1.29 is 13.9 Å². The van der Waals surface area contributed by atoms with Crippen LogP contribution in [0.2, 0.25) is 0 Å². The molecular weight excluding hydrogens is 394 g/mol. The van der Waals surface area contributed by atoms with Crippen molar-refractivity contribution in [3.63, 3.8) is 0 Å². The van der Waals surface area contributed by atoms with Crippen LogP contribution in [0.15, 0.2) is 47.1 Å². The summed E-state index contributed by atoms with van der Waals surface area (Å²) in [5.41, 5.74) is 4.84. The van der Waals surface area contributed by atoms with Crippen LogP contribution >= 0.6 is 0 Å². The van der Waals surface area contributed by atoms with E-state index in [1.807, 2.05) is 47.9 Å². The Hall–Kier alpha value is -3.23. The number of amides is 1. The van der Waals surface area contributed by atoms with Crippen LogP contribution in [0.3, 0.4) is 0 Å². The van der Waals surface area contributed by atoms with Crippen LogP contribution in [-0.4, -0.2) is 64.6 Å². The first-order valence-corrected chi connectivity index (χ1v) is 10.6. The molecule has 0 aliphatic carbocycles. The Morgan fingerprint density at radius 3 is 2.87 bits per heavy atom. The Bertz CT molecular complexity index is 1220. The van der Waals surface area contributed by atoms with E-state index in [0.717, 1.165) is 67.1 Å². The number of aromatic nitrogens is 3. The van der Waals surface area contributed by atoms with E-state index in [-0.39, 0.29) is 5.91 Å². The van der Waals surface area contributed by atoms with Crippen molar-refractivity contribution >= 4 is 22.7 Å². The van der Waals surface area contributed by atoms with E-state index in [1.54, 1.807) is 6.20 Å². The van der Waals surface area contributed by atoms with E-state index in [2.05, 4.69) is 20.2 Å². The number of carbonyl (C=O) groups excluding carboxylic acids is 1. The summed E-state index contributed by atoms with van der Waals surface area (Å²) in [6.07, 6.45) is 4.48. The Balaban J connectivity index is 1.30. The summed E-state index contributed by atoms with van der Waals surface area (Å²) in [6.45, 7) is 6.94. The van der Waals surface area contributed by atoms with Crippen molar-refractivity contribution in [3.8, 4) is 11.1 Å². The topological polar surface area (TPSA) is 84.9 Å². The number of nitrogens with one attached hydrogen (secondary N) is 1. The molecule has 1 aliphatic heterocycles. The van der Waals surface area contributed by atoms with Crippen molar-refractivity contribution in [2.75, 3.05) is 39.4 Å². The monoisotopic (exact) mass is 419 g/mol. The van der Waals surface area contributed by atoms with Crippen LogP contribution in [0.1, 0.15) is 22.8 Å². The van der Waals surface area contributed by atoms with Crippen LogP contribution in [0, 0.1) is 6.92 Å². The Kier molecular flexibility index (Phi) is 5.40. The average Bonchev–Trinajstić information content (AvgIpc) is 3.38. The Morgan fingerprint density at radius 2 is 2.00 bits per heavy atom. The van der Waals surface area contributed by atoms with E-state index in [1.165, 1.54) is 0 Å². The Labute approximate surface area is 179 Å². The number of hydrogen-bond donors (Lipinski definition) is 1. The minimum atomic E-state index is -0.116. The first kappa shape index (κ1) is 19.7. The molecule has 0 atom stereocenters. The maximum atomic E-state index is 12.8. The van der Waals surface area contributed by atoms with Crippen molar-refractivity contribution in [2.24, 2.45) is 0 Å². The molecule has 8 nitrogen and oxygen atoms in total. The Morgan fingerprint density at radius 1 is 1.16 bits per heavy atom. The van der Waals surface area contributed by atoms with E-state index < -0.39 is 0 Å². The fourth-order valence-corrected chi connectivity index (χ4v) is 3.96. The summed E-state index contributed by atoms with van der Waals surface area (Å²) in [6, 6.07) is 9.83. The molecule has 1 aliphatic rings. The third-order valence-corrected chi connectivity index (χ3v) is 5.61. The zero-order chi connectivity index (χ0) is 21.2. The number of imidazole rings is 1. The fraction of sp³-hybridized carbons (Fsp3) is 0.348.